The van der Waals surface area contributed by atoms with Gasteiger partial charge in [-0.25, -0.2) is 4.39 Å². The highest BCUT2D eigenvalue weighted by molar-refractivity contribution is 5.95. The average Bonchev–Trinajstić information content (AvgIpc) is 3.12. The fourth-order valence-electron chi connectivity index (χ4n) is 3.88. The Hall–Kier alpha value is -1.46. The molecule has 4 nitrogen and oxygen atoms in total. The first-order chi connectivity index (χ1) is 11.5. The van der Waals surface area contributed by atoms with E-state index in [1.165, 1.54) is 38.1 Å². The third kappa shape index (κ3) is 3.95. The Morgan fingerprint density at radius 2 is 1.88 bits per heavy atom. The number of rotatable bonds is 4. The molecule has 132 valence electrons. The molecule has 1 aromatic rings. The zero-order chi connectivity index (χ0) is 17.1. The van der Waals surface area contributed by atoms with Crippen molar-refractivity contribution >= 4 is 11.6 Å². The molecule has 2 fully saturated rings. The summed E-state index contributed by atoms with van der Waals surface area (Å²) in [7, 11) is 0. The van der Waals surface area contributed by atoms with E-state index in [1.807, 2.05) is 13.8 Å². The summed E-state index contributed by atoms with van der Waals surface area (Å²) >= 11 is 0. The first kappa shape index (κ1) is 17.4. The van der Waals surface area contributed by atoms with E-state index in [0.717, 1.165) is 31.5 Å². The van der Waals surface area contributed by atoms with Crippen molar-refractivity contribution in [2.24, 2.45) is 0 Å². The van der Waals surface area contributed by atoms with Gasteiger partial charge in [-0.3, -0.25) is 9.69 Å². The molecule has 0 aromatic heterocycles. The summed E-state index contributed by atoms with van der Waals surface area (Å²) in [4.78, 5) is 17.4. The Labute approximate surface area is 144 Å². The number of carbonyl (C=O) groups excluding carboxylic acids is 1. The lowest BCUT2D eigenvalue weighted by atomic mass is 10.0. The molecule has 0 aliphatic carbocycles. The molecular formula is C19H28FN3O. The van der Waals surface area contributed by atoms with Gasteiger partial charge in [0, 0.05) is 24.8 Å². The first-order valence-corrected chi connectivity index (χ1v) is 9.09. The number of amides is 1. The monoisotopic (exact) mass is 333 g/mol. The van der Waals surface area contributed by atoms with Crippen LogP contribution in [0.2, 0.25) is 0 Å². The summed E-state index contributed by atoms with van der Waals surface area (Å²) in [5.41, 5.74) is 1.45. The summed E-state index contributed by atoms with van der Waals surface area (Å²) in [5.74, 6) is -0.377. The molecule has 2 aliphatic heterocycles. The van der Waals surface area contributed by atoms with Crippen LogP contribution in [0.15, 0.2) is 18.2 Å². The molecule has 0 spiro atoms. The van der Waals surface area contributed by atoms with Crippen molar-refractivity contribution in [3.8, 4) is 0 Å². The Morgan fingerprint density at radius 1 is 1.21 bits per heavy atom. The van der Waals surface area contributed by atoms with E-state index in [9.17, 15) is 9.18 Å². The van der Waals surface area contributed by atoms with E-state index in [0.29, 0.717) is 11.7 Å². The largest absolute Gasteiger partial charge is 0.324 e. The standard InChI is InChI=1S/C19H28FN3O/c1-14-5-6-16(20)13-18(14)21-19(24)15(2)22-11-7-17(8-12-22)23-9-3-4-10-23/h5-6,13,15,17H,3-4,7-12H2,1-2H3,(H,21,24). The second-order valence-electron chi connectivity index (χ2n) is 7.13. The molecule has 2 saturated heterocycles. The van der Waals surface area contributed by atoms with Crippen LogP contribution < -0.4 is 5.32 Å². The summed E-state index contributed by atoms with van der Waals surface area (Å²) in [6.07, 6.45) is 4.92. The SMILES string of the molecule is Cc1ccc(F)cc1NC(=O)C(C)N1CCC(N2CCCC2)CC1. The summed E-state index contributed by atoms with van der Waals surface area (Å²) in [6.45, 7) is 8.20. The number of likely N-dealkylation sites (tertiary alicyclic amines) is 2. The molecule has 1 N–H and O–H groups in total. The van der Waals surface area contributed by atoms with Crippen molar-refractivity contribution in [2.45, 2.75) is 51.6 Å². The first-order valence-electron chi connectivity index (χ1n) is 9.09. The van der Waals surface area contributed by atoms with Gasteiger partial charge in [-0.2, -0.15) is 0 Å². The normalized spacial score (nSPS) is 21.8. The van der Waals surface area contributed by atoms with Gasteiger partial charge in [0.15, 0.2) is 0 Å². The molecule has 2 aliphatic rings. The predicted molar refractivity (Wildman–Crippen MR) is 94.6 cm³/mol. The number of halogens is 1. The molecule has 1 atom stereocenters. The number of piperidine rings is 1. The molecule has 1 amide bonds. The van der Waals surface area contributed by atoms with Crippen LogP contribution in [0.25, 0.3) is 0 Å². The van der Waals surface area contributed by atoms with Crippen molar-refractivity contribution in [2.75, 3.05) is 31.5 Å². The highest BCUT2D eigenvalue weighted by Gasteiger charge is 2.30. The predicted octanol–water partition coefficient (Wildman–Crippen LogP) is 3.02. The molecule has 3 rings (SSSR count). The molecule has 0 radical (unpaired) electrons. The molecule has 0 saturated carbocycles. The van der Waals surface area contributed by atoms with Crippen molar-refractivity contribution < 1.29 is 9.18 Å². The minimum absolute atomic E-state index is 0.0525. The summed E-state index contributed by atoms with van der Waals surface area (Å²) < 4.78 is 13.4. The maximum absolute atomic E-state index is 13.4. The Bertz CT molecular complexity index is 578. The van der Waals surface area contributed by atoms with Crippen molar-refractivity contribution in [3.63, 3.8) is 0 Å². The fraction of sp³-hybridized carbons (Fsp3) is 0.632. The molecule has 24 heavy (non-hydrogen) atoms. The van der Waals surface area contributed by atoms with Gasteiger partial charge in [-0.15, -0.1) is 0 Å². The van der Waals surface area contributed by atoms with E-state index in [-0.39, 0.29) is 17.8 Å². The second-order valence-corrected chi connectivity index (χ2v) is 7.13. The summed E-state index contributed by atoms with van der Waals surface area (Å²) in [5, 5.41) is 2.88. The highest BCUT2D eigenvalue weighted by atomic mass is 19.1. The number of aryl methyl sites for hydroxylation is 1. The minimum atomic E-state index is -0.324. The number of hydrogen-bond acceptors (Lipinski definition) is 3. The Morgan fingerprint density at radius 3 is 2.54 bits per heavy atom. The molecule has 1 unspecified atom stereocenters. The van der Waals surface area contributed by atoms with Crippen LogP contribution >= 0.6 is 0 Å². The molecule has 1 aromatic carbocycles. The van der Waals surface area contributed by atoms with Crippen molar-refractivity contribution in [3.05, 3.63) is 29.6 Å². The zero-order valence-corrected chi connectivity index (χ0v) is 14.7. The molecule has 2 heterocycles. The van der Waals surface area contributed by atoms with Gasteiger partial charge in [0.1, 0.15) is 5.82 Å². The molecule has 5 heteroatoms. The van der Waals surface area contributed by atoms with Crippen LogP contribution in [0.3, 0.4) is 0 Å². The van der Waals surface area contributed by atoms with Gasteiger partial charge < -0.3 is 10.2 Å². The topological polar surface area (TPSA) is 35.6 Å². The lowest BCUT2D eigenvalue weighted by Crippen LogP contribution is -2.50. The maximum Gasteiger partial charge on any atom is 0.241 e. The Balaban J connectivity index is 1.53. The lowest BCUT2D eigenvalue weighted by molar-refractivity contribution is -0.121. The lowest BCUT2D eigenvalue weighted by Gasteiger charge is -2.38. The van der Waals surface area contributed by atoms with Crippen LogP contribution in [0.5, 0.6) is 0 Å². The highest BCUT2D eigenvalue weighted by Crippen LogP contribution is 2.23. The Kier molecular flexibility index (Phi) is 5.51. The number of hydrogen-bond donors (Lipinski definition) is 1. The number of anilines is 1. The van der Waals surface area contributed by atoms with E-state index < -0.39 is 0 Å². The van der Waals surface area contributed by atoms with Gasteiger partial charge in [0.2, 0.25) is 5.91 Å². The fourth-order valence-corrected chi connectivity index (χ4v) is 3.88. The number of carbonyl (C=O) groups is 1. The third-order valence-corrected chi connectivity index (χ3v) is 5.54. The quantitative estimate of drug-likeness (QED) is 0.920. The van der Waals surface area contributed by atoms with Crippen LogP contribution in [0.4, 0.5) is 10.1 Å². The number of nitrogens with one attached hydrogen (secondary N) is 1. The smallest absolute Gasteiger partial charge is 0.241 e. The number of benzene rings is 1. The van der Waals surface area contributed by atoms with Gasteiger partial charge in [0.25, 0.3) is 0 Å². The van der Waals surface area contributed by atoms with E-state index in [2.05, 4.69) is 15.1 Å². The van der Waals surface area contributed by atoms with Gasteiger partial charge in [-0.05, 0) is 70.3 Å². The van der Waals surface area contributed by atoms with Crippen LogP contribution in [-0.4, -0.2) is 54.0 Å². The van der Waals surface area contributed by atoms with Crippen molar-refractivity contribution in [1.29, 1.82) is 0 Å². The summed E-state index contributed by atoms with van der Waals surface area (Å²) in [6, 6.07) is 4.99. The van der Waals surface area contributed by atoms with E-state index in [4.69, 9.17) is 0 Å². The van der Waals surface area contributed by atoms with Crippen LogP contribution in [-0.2, 0) is 4.79 Å². The minimum Gasteiger partial charge on any atom is -0.324 e. The third-order valence-electron chi connectivity index (χ3n) is 5.54. The van der Waals surface area contributed by atoms with E-state index >= 15 is 0 Å². The van der Waals surface area contributed by atoms with Gasteiger partial charge in [0.05, 0.1) is 6.04 Å². The molecular weight excluding hydrogens is 305 g/mol. The van der Waals surface area contributed by atoms with Gasteiger partial charge in [-0.1, -0.05) is 6.07 Å². The maximum atomic E-state index is 13.4. The van der Waals surface area contributed by atoms with Gasteiger partial charge >= 0.3 is 0 Å². The second kappa shape index (κ2) is 7.62. The molecule has 0 bridgehead atoms. The average molecular weight is 333 g/mol. The van der Waals surface area contributed by atoms with Crippen molar-refractivity contribution in [1.82, 2.24) is 9.80 Å². The zero-order valence-electron chi connectivity index (χ0n) is 14.7. The number of nitrogens with zero attached hydrogens (tertiary/aromatic N) is 2. The van der Waals surface area contributed by atoms with Crippen LogP contribution in [0.1, 0.15) is 38.2 Å². The van der Waals surface area contributed by atoms with E-state index in [1.54, 1.807) is 6.07 Å². The van der Waals surface area contributed by atoms with Crippen LogP contribution in [0, 0.1) is 12.7 Å².